The number of methoxy groups -OCH3 is 1. The van der Waals surface area contributed by atoms with Crippen molar-refractivity contribution < 1.29 is 17.5 Å². The van der Waals surface area contributed by atoms with Crippen LogP contribution in [0.3, 0.4) is 0 Å². The number of aromatic nitrogens is 1. The van der Waals surface area contributed by atoms with Crippen LogP contribution < -0.4 is 9.54 Å². The van der Waals surface area contributed by atoms with Crippen molar-refractivity contribution in [1.82, 2.24) is 8.87 Å². The molecule has 0 saturated heterocycles. The summed E-state index contributed by atoms with van der Waals surface area (Å²) in [6, 6.07) is 21.0. The van der Waals surface area contributed by atoms with Crippen molar-refractivity contribution in [2.45, 2.75) is 31.7 Å². The molecule has 0 fully saturated rings. The van der Waals surface area contributed by atoms with Gasteiger partial charge >= 0.3 is 0 Å². The molecule has 6 nitrogen and oxygen atoms in total. The van der Waals surface area contributed by atoms with Gasteiger partial charge in [0, 0.05) is 25.0 Å². The zero-order valence-electron chi connectivity index (χ0n) is 21.1. The molecule has 37 heavy (non-hydrogen) atoms. The van der Waals surface area contributed by atoms with Crippen molar-refractivity contribution in [1.29, 1.82) is 0 Å². The first kappa shape index (κ1) is 26.8. The van der Waals surface area contributed by atoms with E-state index in [1.165, 1.54) is 27.8 Å². The first-order chi connectivity index (χ1) is 17.8. The molecule has 0 atom stereocenters. The van der Waals surface area contributed by atoms with Crippen LogP contribution in [0.2, 0.25) is 0 Å². The minimum atomic E-state index is -3.53. The van der Waals surface area contributed by atoms with Crippen LogP contribution in [0.15, 0.2) is 88.1 Å². The van der Waals surface area contributed by atoms with Crippen molar-refractivity contribution in [2.75, 3.05) is 20.2 Å². The Morgan fingerprint density at radius 1 is 0.946 bits per heavy atom. The van der Waals surface area contributed by atoms with E-state index < -0.39 is 10.0 Å². The fraction of sp³-hybridized carbons (Fsp3) is 0.250. The van der Waals surface area contributed by atoms with E-state index in [1.807, 2.05) is 55.6 Å². The van der Waals surface area contributed by atoms with E-state index in [0.717, 1.165) is 33.8 Å². The minimum Gasteiger partial charge on any atom is -0.497 e. The van der Waals surface area contributed by atoms with Gasteiger partial charge in [-0.3, -0.25) is 0 Å². The third-order valence-electron chi connectivity index (χ3n) is 6.13. The standard InChI is InChI=1S/C28H30FN3O3S2/c1-4-31(5-2)37(33,34)26-16-8-22(9-17-26)27-20-36-28(30-24-12-10-23(29)11-13-24)32(27)19-18-21-6-14-25(35-3)15-7-21/h6-17,20H,4-5,18-19H2,1-3H3. The Bertz CT molecular complexity index is 1490. The molecule has 0 spiro atoms. The molecule has 1 aromatic heterocycles. The molecular formula is C28H30FN3O3S2. The largest absolute Gasteiger partial charge is 0.497 e. The van der Waals surface area contributed by atoms with Gasteiger partial charge in [0.2, 0.25) is 10.0 Å². The second-order valence-corrected chi connectivity index (χ2v) is 11.1. The van der Waals surface area contributed by atoms with E-state index in [2.05, 4.69) is 4.57 Å². The number of hydrogen-bond acceptors (Lipinski definition) is 5. The van der Waals surface area contributed by atoms with Gasteiger partial charge in [-0.25, -0.2) is 17.8 Å². The molecule has 0 amide bonds. The lowest BCUT2D eigenvalue weighted by Gasteiger charge is -2.18. The number of hydrogen-bond donors (Lipinski definition) is 0. The van der Waals surface area contributed by atoms with Crippen LogP contribution in [0.5, 0.6) is 5.75 Å². The first-order valence-electron chi connectivity index (χ1n) is 12.1. The lowest BCUT2D eigenvalue weighted by Crippen LogP contribution is -2.30. The van der Waals surface area contributed by atoms with Crippen molar-refractivity contribution in [3.8, 4) is 17.0 Å². The van der Waals surface area contributed by atoms with E-state index in [0.29, 0.717) is 25.3 Å². The van der Waals surface area contributed by atoms with Gasteiger partial charge < -0.3 is 9.30 Å². The number of halogens is 1. The van der Waals surface area contributed by atoms with E-state index in [4.69, 9.17) is 9.73 Å². The highest BCUT2D eigenvalue weighted by Gasteiger charge is 2.21. The molecule has 0 bridgehead atoms. The maximum absolute atomic E-state index is 13.4. The number of nitrogens with zero attached hydrogens (tertiary/aromatic N) is 3. The second kappa shape index (κ2) is 11.9. The maximum atomic E-state index is 13.4. The summed E-state index contributed by atoms with van der Waals surface area (Å²) in [6.45, 7) is 5.16. The monoisotopic (exact) mass is 539 g/mol. The molecule has 3 aromatic carbocycles. The topological polar surface area (TPSA) is 63.9 Å². The summed E-state index contributed by atoms with van der Waals surface area (Å²) >= 11 is 1.49. The molecule has 0 N–H and O–H groups in total. The number of sulfonamides is 1. The summed E-state index contributed by atoms with van der Waals surface area (Å²) in [4.78, 5) is 5.81. The van der Waals surface area contributed by atoms with E-state index in [-0.39, 0.29) is 10.7 Å². The average Bonchev–Trinajstić information content (AvgIpc) is 3.31. The summed E-state index contributed by atoms with van der Waals surface area (Å²) in [6.07, 6.45) is 0.763. The molecule has 0 unspecified atom stereocenters. The molecule has 194 valence electrons. The minimum absolute atomic E-state index is 0.274. The van der Waals surface area contributed by atoms with Gasteiger partial charge in [0.05, 0.1) is 23.4 Å². The highest BCUT2D eigenvalue weighted by molar-refractivity contribution is 7.89. The van der Waals surface area contributed by atoms with E-state index in [1.54, 1.807) is 31.4 Å². The van der Waals surface area contributed by atoms with Crippen LogP contribution in [0.4, 0.5) is 10.1 Å². The lowest BCUT2D eigenvalue weighted by molar-refractivity contribution is 0.414. The lowest BCUT2D eigenvalue weighted by atomic mass is 10.1. The molecule has 1 heterocycles. The van der Waals surface area contributed by atoms with Gasteiger partial charge in [-0.2, -0.15) is 4.31 Å². The SMILES string of the molecule is CCN(CC)S(=O)(=O)c1ccc(-c2csc(=Nc3ccc(F)cc3)n2CCc2ccc(OC)cc2)cc1. The normalized spacial score (nSPS) is 12.3. The zero-order chi connectivity index (χ0) is 26.4. The fourth-order valence-electron chi connectivity index (χ4n) is 4.03. The van der Waals surface area contributed by atoms with Gasteiger partial charge in [-0.05, 0) is 66.1 Å². The summed E-state index contributed by atoms with van der Waals surface area (Å²) in [7, 11) is -1.89. The molecule has 0 aliphatic rings. The predicted octanol–water partition coefficient (Wildman–Crippen LogP) is 5.87. The molecule has 0 aliphatic carbocycles. The summed E-state index contributed by atoms with van der Waals surface area (Å²) in [5.41, 5.74) is 3.64. The Labute approximate surface area is 221 Å². The Hall–Kier alpha value is -3.27. The van der Waals surface area contributed by atoms with Crippen molar-refractivity contribution in [2.24, 2.45) is 4.99 Å². The van der Waals surface area contributed by atoms with Crippen molar-refractivity contribution in [3.63, 3.8) is 0 Å². The summed E-state index contributed by atoms with van der Waals surface area (Å²) in [5.74, 6) is 0.498. The molecule has 0 radical (unpaired) electrons. The Morgan fingerprint density at radius 3 is 2.19 bits per heavy atom. The number of ether oxygens (including phenoxy) is 1. The molecule has 0 saturated carbocycles. The van der Waals surface area contributed by atoms with Crippen LogP contribution in [-0.2, 0) is 23.0 Å². The Morgan fingerprint density at radius 2 is 1.59 bits per heavy atom. The van der Waals surface area contributed by atoms with Crippen LogP contribution >= 0.6 is 11.3 Å². The Kier molecular flexibility index (Phi) is 8.58. The van der Waals surface area contributed by atoms with Crippen LogP contribution in [0, 0.1) is 5.82 Å². The smallest absolute Gasteiger partial charge is 0.243 e. The predicted molar refractivity (Wildman–Crippen MR) is 146 cm³/mol. The van der Waals surface area contributed by atoms with Gasteiger partial charge in [-0.1, -0.05) is 38.1 Å². The van der Waals surface area contributed by atoms with Crippen molar-refractivity contribution in [3.05, 3.63) is 94.4 Å². The van der Waals surface area contributed by atoms with Crippen LogP contribution in [0.25, 0.3) is 11.3 Å². The Balaban J connectivity index is 1.71. The first-order valence-corrected chi connectivity index (χ1v) is 14.4. The maximum Gasteiger partial charge on any atom is 0.243 e. The van der Waals surface area contributed by atoms with Crippen molar-refractivity contribution >= 4 is 27.0 Å². The highest BCUT2D eigenvalue weighted by Crippen LogP contribution is 2.25. The van der Waals surface area contributed by atoms with Gasteiger partial charge in [-0.15, -0.1) is 11.3 Å². The highest BCUT2D eigenvalue weighted by atomic mass is 32.2. The third-order valence-corrected chi connectivity index (χ3v) is 9.05. The quantitative estimate of drug-likeness (QED) is 0.253. The molecule has 4 aromatic rings. The molecule has 4 rings (SSSR count). The third kappa shape index (κ3) is 6.18. The summed E-state index contributed by atoms with van der Waals surface area (Å²) < 4.78 is 48.1. The number of benzene rings is 3. The van der Waals surface area contributed by atoms with Crippen LogP contribution in [-0.4, -0.2) is 37.5 Å². The number of rotatable bonds is 10. The van der Waals surface area contributed by atoms with E-state index >= 15 is 0 Å². The zero-order valence-corrected chi connectivity index (χ0v) is 22.7. The molecule has 0 aliphatic heterocycles. The number of thiazole rings is 1. The van der Waals surface area contributed by atoms with Gasteiger partial charge in [0.1, 0.15) is 11.6 Å². The molecule has 9 heteroatoms. The average molecular weight is 540 g/mol. The molecular weight excluding hydrogens is 509 g/mol. The fourth-order valence-corrected chi connectivity index (χ4v) is 6.45. The van der Waals surface area contributed by atoms with Gasteiger partial charge in [0.15, 0.2) is 4.80 Å². The van der Waals surface area contributed by atoms with Gasteiger partial charge in [0.25, 0.3) is 0 Å². The van der Waals surface area contributed by atoms with Crippen LogP contribution in [0.1, 0.15) is 19.4 Å². The van der Waals surface area contributed by atoms with E-state index in [9.17, 15) is 12.8 Å². The summed E-state index contributed by atoms with van der Waals surface area (Å²) in [5, 5.41) is 2.02. The number of aryl methyl sites for hydroxylation is 1. The second-order valence-electron chi connectivity index (χ2n) is 8.36.